The molecule has 11 heteroatoms. The van der Waals surface area contributed by atoms with Crippen molar-refractivity contribution in [1.82, 2.24) is 5.32 Å². The maximum absolute atomic E-state index is 12.2. The number of phenols is 1. The van der Waals surface area contributed by atoms with Gasteiger partial charge in [-0.25, -0.2) is 4.79 Å². The first-order valence-corrected chi connectivity index (χ1v) is 8.11. The molecule has 0 saturated heterocycles. The molecule has 0 aliphatic carbocycles. The van der Waals surface area contributed by atoms with Gasteiger partial charge in [0.05, 0.1) is 11.3 Å². The standard InChI is InChI=1S/C17H17BN2O8/c21-15-6-5-10(8-14(15)20(27)28)7-13(17(23)24)19-16(22)9-11-3-1-2-4-12(11)18(25)26/h1-6,8,13,21,25-26H,7,9H2,(H,19,22)(H,23,24). The highest BCUT2D eigenvalue weighted by Crippen LogP contribution is 2.26. The number of nitro benzene ring substituents is 1. The van der Waals surface area contributed by atoms with Crippen molar-refractivity contribution in [3.63, 3.8) is 0 Å². The zero-order valence-electron chi connectivity index (χ0n) is 14.5. The lowest BCUT2D eigenvalue weighted by atomic mass is 9.76. The van der Waals surface area contributed by atoms with Crippen LogP contribution in [0, 0.1) is 10.1 Å². The van der Waals surface area contributed by atoms with E-state index in [2.05, 4.69) is 5.32 Å². The van der Waals surface area contributed by atoms with E-state index in [0.717, 1.165) is 12.1 Å². The SMILES string of the molecule is O=C(Cc1ccccc1B(O)O)NC(Cc1ccc(O)c([N+](=O)[O-])c1)C(=O)O. The number of hydrogen-bond acceptors (Lipinski definition) is 7. The molecular weight excluding hydrogens is 371 g/mol. The molecular formula is C17H17BN2O8. The van der Waals surface area contributed by atoms with Crippen molar-refractivity contribution >= 4 is 30.1 Å². The molecule has 2 rings (SSSR count). The maximum Gasteiger partial charge on any atom is 0.488 e. The number of phenolic OH excluding ortho intramolecular Hbond substituents is 1. The summed E-state index contributed by atoms with van der Waals surface area (Å²) in [6.07, 6.45) is -0.528. The van der Waals surface area contributed by atoms with Crippen molar-refractivity contribution in [2.24, 2.45) is 0 Å². The van der Waals surface area contributed by atoms with Crippen LogP contribution >= 0.6 is 0 Å². The van der Waals surface area contributed by atoms with Crippen LogP contribution < -0.4 is 10.8 Å². The lowest BCUT2D eigenvalue weighted by molar-refractivity contribution is -0.385. The van der Waals surface area contributed by atoms with Gasteiger partial charge in [-0.05, 0) is 22.7 Å². The Labute approximate surface area is 159 Å². The minimum atomic E-state index is -1.78. The van der Waals surface area contributed by atoms with Gasteiger partial charge in [0.1, 0.15) is 6.04 Å². The molecule has 2 aromatic rings. The number of carboxylic acid groups (broad SMARTS) is 1. The first-order valence-electron chi connectivity index (χ1n) is 8.11. The second-order valence-electron chi connectivity index (χ2n) is 5.99. The van der Waals surface area contributed by atoms with Gasteiger partial charge in [0.25, 0.3) is 0 Å². The quantitative estimate of drug-likeness (QED) is 0.225. The molecule has 0 radical (unpaired) electrons. The zero-order valence-corrected chi connectivity index (χ0v) is 14.5. The first kappa shape index (κ1) is 20.9. The minimum Gasteiger partial charge on any atom is -0.502 e. The van der Waals surface area contributed by atoms with Crippen molar-refractivity contribution in [2.75, 3.05) is 0 Å². The van der Waals surface area contributed by atoms with E-state index in [-0.39, 0.29) is 23.9 Å². The number of amides is 1. The molecule has 0 spiro atoms. The number of rotatable bonds is 8. The smallest absolute Gasteiger partial charge is 0.488 e. The van der Waals surface area contributed by atoms with Gasteiger partial charge >= 0.3 is 18.8 Å². The minimum absolute atomic E-state index is 0.124. The predicted octanol–water partition coefficient (Wildman–Crippen LogP) is -0.665. The van der Waals surface area contributed by atoms with Gasteiger partial charge in [0.2, 0.25) is 5.91 Å². The van der Waals surface area contributed by atoms with E-state index in [1.165, 1.54) is 18.2 Å². The highest BCUT2D eigenvalue weighted by molar-refractivity contribution is 6.59. The molecule has 1 atom stereocenters. The van der Waals surface area contributed by atoms with Crippen LogP contribution in [-0.4, -0.2) is 50.2 Å². The molecule has 0 fully saturated rings. The Balaban J connectivity index is 2.13. The number of carbonyl (C=O) groups excluding carboxylic acids is 1. The Morgan fingerprint density at radius 3 is 2.46 bits per heavy atom. The molecule has 5 N–H and O–H groups in total. The molecule has 10 nitrogen and oxygen atoms in total. The Kier molecular flexibility index (Phi) is 6.69. The zero-order chi connectivity index (χ0) is 20.8. The number of benzene rings is 2. The summed E-state index contributed by atoms with van der Waals surface area (Å²) in [5, 5.41) is 50.7. The summed E-state index contributed by atoms with van der Waals surface area (Å²) in [6.45, 7) is 0. The third kappa shape index (κ3) is 5.28. The molecule has 0 aliphatic heterocycles. The first-order chi connectivity index (χ1) is 13.2. The van der Waals surface area contributed by atoms with Crippen LogP contribution in [0.15, 0.2) is 42.5 Å². The number of aromatic hydroxyl groups is 1. The number of aliphatic carboxylic acids is 1. The lowest BCUT2D eigenvalue weighted by Gasteiger charge is -2.16. The van der Waals surface area contributed by atoms with Crippen LogP contribution in [0.4, 0.5) is 5.69 Å². The Hall–Kier alpha value is -3.44. The fourth-order valence-corrected chi connectivity index (χ4v) is 2.64. The number of carbonyl (C=O) groups is 2. The number of nitrogens with one attached hydrogen (secondary N) is 1. The van der Waals surface area contributed by atoms with Gasteiger partial charge < -0.3 is 25.6 Å². The van der Waals surface area contributed by atoms with Crippen molar-refractivity contribution in [3.8, 4) is 5.75 Å². The maximum atomic E-state index is 12.2. The van der Waals surface area contributed by atoms with E-state index in [4.69, 9.17) is 0 Å². The summed E-state index contributed by atoms with van der Waals surface area (Å²) in [4.78, 5) is 33.8. The van der Waals surface area contributed by atoms with Crippen LogP contribution in [0.2, 0.25) is 0 Å². The third-order valence-corrected chi connectivity index (χ3v) is 3.99. The summed E-state index contributed by atoms with van der Waals surface area (Å²) in [5.41, 5.74) is 0.111. The van der Waals surface area contributed by atoms with Gasteiger partial charge in [0, 0.05) is 12.5 Å². The Morgan fingerprint density at radius 1 is 1.18 bits per heavy atom. The average Bonchev–Trinajstić information content (AvgIpc) is 2.62. The van der Waals surface area contributed by atoms with Crippen LogP contribution in [0.1, 0.15) is 11.1 Å². The van der Waals surface area contributed by atoms with Crippen molar-refractivity contribution in [1.29, 1.82) is 0 Å². The number of carboxylic acids is 1. The molecule has 28 heavy (non-hydrogen) atoms. The summed E-state index contributed by atoms with van der Waals surface area (Å²) in [7, 11) is -1.78. The number of hydrogen-bond donors (Lipinski definition) is 5. The average molecular weight is 388 g/mol. The van der Waals surface area contributed by atoms with Gasteiger partial charge in [-0.15, -0.1) is 0 Å². The van der Waals surface area contributed by atoms with Gasteiger partial charge in [-0.1, -0.05) is 30.3 Å². The van der Waals surface area contributed by atoms with Crippen LogP contribution in [-0.2, 0) is 22.4 Å². The fraction of sp³-hybridized carbons (Fsp3) is 0.176. The van der Waals surface area contributed by atoms with Crippen molar-refractivity contribution < 1.29 is 34.8 Å². The largest absolute Gasteiger partial charge is 0.502 e. The topological polar surface area (TPSA) is 170 Å². The van der Waals surface area contributed by atoms with E-state index < -0.39 is 41.4 Å². The fourth-order valence-electron chi connectivity index (χ4n) is 2.64. The molecule has 0 bridgehead atoms. The molecule has 0 heterocycles. The van der Waals surface area contributed by atoms with E-state index in [0.29, 0.717) is 5.56 Å². The van der Waals surface area contributed by atoms with Gasteiger partial charge in [0.15, 0.2) is 5.75 Å². The highest BCUT2D eigenvalue weighted by Gasteiger charge is 2.24. The van der Waals surface area contributed by atoms with Gasteiger partial charge in [-0.2, -0.15) is 0 Å². The lowest BCUT2D eigenvalue weighted by Crippen LogP contribution is -2.44. The molecule has 2 aromatic carbocycles. The Morgan fingerprint density at radius 2 is 1.86 bits per heavy atom. The van der Waals surface area contributed by atoms with E-state index in [1.807, 2.05) is 0 Å². The number of nitrogens with zero attached hydrogens (tertiary/aromatic N) is 1. The van der Waals surface area contributed by atoms with Crippen LogP contribution in [0.5, 0.6) is 5.75 Å². The van der Waals surface area contributed by atoms with Gasteiger partial charge in [-0.3, -0.25) is 14.9 Å². The molecule has 0 saturated carbocycles. The summed E-state index contributed by atoms with van der Waals surface area (Å²) < 4.78 is 0. The molecule has 1 amide bonds. The van der Waals surface area contributed by atoms with Crippen molar-refractivity contribution in [2.45, 2.75) is 18.9 Å². The molecule has 0 aromatic heterocycles. The second kappa shape index (κ2) is 8.97. The second-order valence-corrected chi connectivity index (χ2v) is 5.99. The summed E-state index contributed by atoms with van der Waals surface area (Å²) in [6, 6.07) is 8.16. The monoisotopic (exact) mass is 388 g/mol. The van der Waals surface area contributed by atoms with E-state index in [1.54, 1.807) is 12.1 Å². The summed E-state index contributed by atoms with van der Waals surface area (Å²) in [5.74, 6) is -2.57. The van der Waals surface area contributed by atoms with Crippen LogP contribution in [0.3, 0.4) is 0 Å². The molecule has 0 aliphatic rings. The van der Waals surface area contributed by atoms with Crippen LogP contribution in [0.25, 0.3) is 0 Å². The molecule has 1 unspecified atom stereocenters. The molecule has 146 valence electrons. The third-order valence-electron chi connectivity index (χ3n) is 3.99. The Bertz CT molecular complexity index is 902. The van der Waals surface area contributed by atoms with E-state index >= 15 is 0 Å². The predicted molar refractivity (Wildman–Crippen MR) is 98.0 cm³/mol. The van der Waals surface area contributed by atoms with E-state index in [9.17, 15) is 40.0 Å². The number of nitro groups is 1. The summed E-state index contributed by atoms with van der Waals surface area (Å²) >= 11 is 0. The van der Waals surface area contributed by atoms with Crippen molar-refractivity contribution in [3.05, 3.63) is 63.7 Å². The normalized spacial score (nSPS) is 11.5. The highest BCUT2D eigenvalue weighted by atomic mass is 16.6.